The predicted molar refractivity (Wildman–Crippen MR) is 115 cm³/mol. The second-order valence-corrected chi connectivity index (χ2v) is 9.01. The van der Waals surface area contributed by atoms with Crippen LogP contribution in [0.15, 0.2) is 42.9 Å². The molecule has 31 heavy (non-hydrogen) atoms. The molecule has 5 rings (SSSR count). The van der Waals surface area contributed by atoms with Crippen molar-refractivity contribution >= 4 is 17.8 Å². The first-order chi connectivity index (χ1) is 15.2. The number of hydrogen-bond acceptors (Lipinski definition) is 6. The van der Waals surface area contributed by atoms with E-state index in [1.807, 2.05) is 17.0 Å². The SMILES string of the molecule is O=C(c1ccccn1)N1CCC[C@@]2(C(=O)NCC3CC3)CN(c3ncccn3)C[C@@H]2C1. The summed E-state index contributed by atoms with van der Waals surface area (Å²) in [4.78, 5) is 43.7. The van der Waals surface area contributed by atoms with E-state index in [0.29, 0.717) is 43.7 Å². The number of aromatic nitrogens is 3. The fourth-order valence-corrected chi connectivity index (χ4v) is 4.98. The summed E-state index contributed by atoms with van der Waals surface area (Å²) in [5.74, 6) is 1.35. The summed E-state index contributed by atoms with van der Waals surface area (Å²) < 4.78 is 0. The number of carbonyl (C=O) groups is 2. The number of amides is 2. The van der Waals surface area contributed by atoms with Crippen molar-refractivity contribution < 1.29 is 9.59 Å². The molecule has 2 aliphatic heterocycles. The number of nitrogens with one attached hydrogen (secondary N) is 1. The first-order valence-electron chi connectivity index (χ1n) is 11.2. The van der Waals surface area contributed by atoms with Gasteiger partial charge in [-0.25, -0.2) is 9.97 Å². The largest absolute Gasteiger partial charge is 0.355 e. The molecular formula is C23H28N6O2. The second-order valence-electron chi connectivity index (χ2n) is 9.01. The van der Waals surface area contributed by atoms with Crippen LogP contribution in [0.3, 0.4) is 0 Å². The van der Waals surface area contributed by atoms with Gasteiger partial charge in [-0.05, 0) is 49.8 Å². The average molecular weight is 421 g/mol. The summed E-state index contributed by atoms with van der Waals surface area (Å²) in [7, 11) is 0. The number of carbonyl (C=O) groups excluding carboxylic acids is 2. The lowest BCUT2D eigenvalue weighted by Gasteiger charge is -2.32. The van der Waals surface area contributed by atoms with Crippen molar-refractivity contribution in [2.24, 2.45) is 17.3 Å². The lowest BCUT2D eigenvalue weighted by Crippen LogP contribution is -2.48. The molecule has 0 aromatic carbocycles. The molecule has 0 spiro atoms. The van der Waals surface area contributed by atoms with Gasteiger partial charge in [0.2, 0.25) is 11.9 Å². The number of anilines is 1. The highest BCUT2D eigenvalue weighted by Gasteiger charge is 2.54. The summed E-state index contributed by atoms with van der Waals surface area (Å²) in [6.45, 7) is 3.18. The Balaban J connectivity index is 1.40. The van der Waals surface area contributed by atoms with Crippen LogP contribution < -0.4 is 10.2 Å². The van der Waals surface area contributed by atoms with Gasteiger partial charge in [0, 0.05) is 57.2 Å². The Bertz CT molecular complexity index is 936. The molecule has 2 aromatic heterocycles. The standard InChI is InChI=1S/C23H28N6O2/c30-20(19-5-1-2-9-24-19)28-12-3-8-23(21(31)27-13-17-6-7-17)16-29(15-18(23)14-28)22-25-10-4-11-26-22/h1-2,4-5,9-11,17-18H,3,6-8,12-16H2,(H,27,31)/t18-,23+/m0/s1. The van der Waals surface area contributed by atoms with Crippen molar-refractivity contribution in [2.45, 2.75) is 25.7 Å². The average Bonchev–Trinajstić information content (AvgIpc) is 3.61. The van der Waals surface area contributed by atoms with Gasteiger partial charge >= 0.3 is 0 Å². The van der Waals surface area contributed by atoms with Crippen molar-refractivity contribution in [3.63, 3.8) is 0 Å². The van der Waals surface area contributed by atoms with Crippen LogP contribution in [-0.4, -0.2) is 64.4 Å². The van der Waals surface area contributed by atoms with Gasteiger partial charge in [-0.2, -0.15) is 0 Å². The number of likely N-dealkylation sites (tertiary alicyclic amines) is 1. The van der Waals surface area contributed by atoms with Gasteiger partial charge in [0.25, 0.3) is 5.91 Å². The first-order valence-corrected chi connectivity index (χ1v) is 11.2. The van der Waals surface area contributed by atoms with Gasteiger partial charge in [-0.3, -0.25) is 14.6 Å². The number of pyridine rings is 1. The van der Waals surface area contributed by atoms with Gasteiger partial charge in [0.15, 0.2) is 0 Å². The molecule has 2 atom stereocenters. The quantitative estimate of drug-likeness (QED) is 0.793. The molecule has 8 nitrogen and oxygen atoms in total. The lowest BCUT2D eigenvalue weighted by atomic mass is 9.74. The van der Waals surface area contributed by atoms with Crippen LogP contribution in [0.4, 0.5) is 5.95 Å². The molecule has 1 saturated carbocycles. The zero-order valence-corrected chi connectivity index (χ0v) is 17.6. The Morgan fingerprint density at radius 2 is 1.87 bits per heavy atom. The first kappa shape index (κ1) is 19.9. The molecule has 162 valence electrons. The van der Waals surface area contributed by atoms with Crippen molar-refractivity contribution in [3.8, 4) is 0 Å². The van der Waals surface area contributed by atoms with E-state index in [1.54, 1.807) is 30.7 Å². The van der Waals surface area contributed by atoms with Crippen molar-refractivity contribution in [1.29, 1.82) is 0 Å². The summed E-state index contributed by atoms with van der Waals surface area (Å²) in [6.07, 6.45) is 9.05. The highest BCUT2D eigenvalue weighted by molar-refractivity contribution is 5.92. The number of hydrogen-bond donors (Lipinski definition) is 1. The van der Waals surface area contributed by atoms with E-state index < -0.39 is 5.41 Å². The van der Waals surface area contributed by atoms with Crippen LogP contribution in [0.25, 0.3) is 0 Å². The van der Waals surface area contributed by atoms with Crippen LogP contribution in [-0.2, 0) is 4.79 Å². The maximum atomic E-state index is 13.5. The Hall–Kier alpha value is -3.03. The topological polar surface area (TPSA) is 91.3 Å². The zero-order valence-electron chi connectivity index (χ0n) is 17.6. The van der Waals surface area contributed by atoms with Crippen molar-refractivity contribution in [2.75, 3.05) is 37.6 Å². The molecule has 3 aliphatic rings. The molecule has 2 aromatic rings. The molecule has 0 bridgehead atoms. The summed E-state index contributed by atoms with van der Waals surface area (Å²) >= 11 is 0. The molecule has 2 saturated heterocycles. The molecule has 3 fully saturated rings. The highest BCUT2D eigenvalue weighted by atomic mass is 16.2. The molecular weight excluding hydrogens is 392 g/mol. The molecule has 4 heterocycles. The Morgan fingerprint density at radius 1 is 1.06 bits per heavy atom. The third-order valence-corrected chi connectivity index (χ3v) is 6.89. The van der Waals surface area contributed by atoms with Crippen molar-refractivity contribution in [3.05, 3.63) is 48.5 Å². The van der Waals surface area contributed by atoms with E-state index in [4.69, 9.17) is 0 Å². The van der Waals surface area contributed by atoms with Gasteiger partial charge in [-0.15, -0.1) is 0 Å². The molecule has 1 aliphatic carbocycles. The Labute approximate surface area is 182 Å². The monoisotopic (exact) mass is 420 g/mol. The summed E-state index contributed by atoms with van der Waals surface area (Å²) in [5.41, 5.74) is -0.0813. The molecule has 8 heteroatoms. The molecule has 1 N–H and O–H groups in total. The van der Waals surface area contributed by atoms with E-state index in [-0.39, 0.29) is 17.7 Å². The molecule has 2 amide bonds. The van der Waals surface area contributed by atoms with Crippen molar-refractivity contribution in [1.82, 2.24) is 25.2 Å². The van der Waals surface area contributed by atoms with E-state index in [1.165, 1.54) is 12.8 Å². The van der Waals surface area contributed by atoms with Crippen LogP contribution in [0.2, 0.25) is 0 Å². The maximum Gasteiger partial charge on any atom is 0.272 e. The van der Waals surface area contributed by atoms with Crippen LogP contribution in [0.1, 0.15) is 36.2 Å². The van der Waals surface area contributed by atoms with Crippen LogP contribution in [0, 0.1) is 17.3 Å². The van der Waals surface area contributed by atoms with Gasteiger partial charge in [0.1, 0.15) is 5.69 Å². The van der Waals surface area contributed by atoms with E-state index in [2.05, 4.69) is 25.2 Å². The Kier molecular flexibility index (Phi) is 5.29. The lowest BCUT2D eigenvalue weighted by molar-refractivity contribution is -0.132. The van der Waals surface area contributed by atoms with Gasteiger partial charge < -0.3 is 15.1 Å². The predicted octanol–water partition coefficient (Wildman–Crippen LogP) is 1.76. The van der Waals surface area contributed by atoms with Gasteiger partial charge in [-0.1, -0.05) is 6.07 Å². The smallest absolute Gasteiger partial charge is 0.272 e. The minimum atomic E-state index is -0.534. The molecule has 0 unspecified atom stereocenters. The number of nitrogens with zero attached hydrogens (tertiary/aromatic N) is 5. The fourth-order valence-electron chi connectivity index (χ4n) is 4.98. The Morgan fingerprint density at radius 3 is 2.61 bits per heavy atom. The third-order valence-electron chi connectivity index (χ3n) is 6.89. The molecule has 0 radical (unpaired) electrons. The number of rotatable bonds is 5. The van der Waals surface area contributed by atoms with E-state index >= 15 is 0 Å². The van der Waals surface area contributed by atoms with E-state index in [0.717, 1.165) is 19.4 Å². The van der Waals surface area contributed by atoms with Gasteiger partial charge in [0.05, 0.1) is 5.41 Å². The second kappa shape index (κ2) is 8.24. The zero-order chi connectivity index (χ0) is 21.3. The van der Waals surface area contributed by atoms with Crippen LogP contribution >= 0.6 is 0 Å². The fraction of sp³-hybridized carbons (Fsp3) is 0.522. The summed E-state index contributed by atoms with van der Waals surface area (Å²) in [6, 6.07) is 7.19. The normalized spacial score (nSPS) is 25.6. The maximum absolute atomic E-state index is 13.5. The summed E-state index contributed by atoms with van der Waals surface area (Å²) in [5, 5.41) is 3.23. The number of fused-ring (bicyclic) bond motifs is 1. The highest BCUT2D eigenvalue weighted by Crippen LogP contribution is 2.44. The van der Waals surface area contributed by atoms with E-state index in [9.17, 15) is 9.59 Å². The minimum absolute atomic E-state index is 0.0191. The van der Waals surface area contributed by atoms with Crippen LogP contribution in [0.5, 0.6) is 0 Å². The minimum Gasteiger partial charge on any atom is -0.355 e. The third kappa shape index (κ3) is 3.98.